The van der Waals surface area contributed by atoms with E-state index >= 15 is 0 Å². The summed E-state index contributed by atoms with van der Waals surface area (Å²) in [7, 11) is 0. The minimum atomic E-state index is -0.299. The molecule has 0 aliphatic rings. The third-order valence-corrected chi connectivity index (χ3v) is 3.07. The van der Waals surface area contributed by atoms with Crippen molar-refractivity contribution in [2.24, 2.45) is 0 Å². The van der Waals surface area contributed by atoms with E-state index in [1.54, 1.807) is 36.6 Å². The molecule has 0 spiro atoms. The zero-order valence-electron chi connectivity index (χ0n) is 10.3. The molecule has 0 atom stereocenters. The summed E-state index contributed by atoms with van der Waals surface area (Å²) in [5.74, 6) is 1.86. The normalized spacial score (nSPS) is 10.7. The van der Waals surface area contributed by atoms with Crippen molar-refractivity contribution in [3.8, 4) is 11.5 Å². The van der Waals surface area contributed by atoms with Gasteiger partial charge in [0.1, 0.15) is 5.76 Å². The number of carbonyl (C=O) groups excluding carboxylic acids is 1. The van der Waals surface area contributed by atoms with E-state index in [0.717, 1.165) is 0 Å². The minimum absolute atomic E-state index is 0.245. The molecular formula is C14H10BrNO4. The Morgan fingerprint density at radius 3 is 2.70 bits per heavy atom. The Bertz CT molecular complexity index is 711. The van der Waals surface area contributed by atoms with E-state index in [1.807, 2.05) is 6.07 Å². The van der Waals surface area contributed by atoms with Crippen molar-refractivity contribution in [3.05, 3.63) is 58.9 Å². The van der Waals surface area contributed by atoms with Gasteiger partial charge in [-0.3, -0.25) is 4.79 Å². The summed E-state index contributed by atoms with van der Waals surface area (Å²) >= 11 is 3.15. The molecule has 3 heterocycles. The second-order valence-corrected chi connectivity index (χ2v) is 4.81. The van der Waals surface area contributed by atoms with Crippen LogP contribution in [0.3, 0.4) is 0 Å². The summed E-state index contributed by atoms with van der Waals surface area (Å²) in [5, 5.41) is 2.71. The molecule has 20 heavy (non-hydrogen) atoms. The summed E-state index contributed by atoms with van der Waals surface area (Å²) in [4.78, 5) is 11.8. The number of halogens is 1. The van der Waals surface area contributed by atoms with Crippen LogP contribution < -0.4 is 5.32 Å². The number of amides is 1. The Labute approximate surface area is 122 Å². The van der Waals surface area contributed by atoms with Crippen LogP contribution in [0.2, 0.25) is 0 Å². The van der Waals surface area contributed by atoms with Gasteiger partial charge in [0.2, 0.25) is 0 Å². The first-order valence-corrected chi connectivity index (χ1v) is 6.68. The highest BCUT2D eigenvalue weighted by Gasteiger charge is 2.12. The summed E-state index contributed by atoms with van der Waals surface area (Å²) in [6.45, 7) is 0.276. The van der Waals surface area contributed by atoms with Gasteiger partial charge in [0.15, 0.2) is 22.0 Å². The number of furan rings is 3. The number of hydrogen-bond donors (Lipinski definition) is 1. The maximum absolute atomic E-state index is 11.8. The first-order valence-electron chi connectivity index (χ1n) is 5.88. The van der Waals surface area contributed by atoms with E-state index in [9.17, 15) is 4.79 Å². The zero-order chi connectivity index (χ0) is 13.9. The van der Waals surface area contributed by atoms with E-state index in [1.165, 1.54) is 0 Å². The lowest BCUT2D eigenvalue weighted by Crippen LogP contribution is -2.21. The molecule has 0 bridgehead atoms. The Hall–Kier alpha value is -2.21. The lowest BCUT2D eigenvalue weighted by atomic mass is 10.3. The van der Waals surface area contributed by atoms with Crippen LogP contribution in [0.1, 0.15) is 16.3 Å². The molecule has 0 saturated carbocycles. The van der Waals surface area contributed by atoms with E-state index in [2.05, 4.69) is 21.2 Å². The van der Waals surface area contributed by atoms with Crippen LogP contribution >= 0.6 is 15.9 Å². The second-order valence-electron chi connectivity index (χ2n) is 4.03. The fourth-order valence-electron chi connectivity index (χ4n) is 1.71. The largest absolute Gasteiger partial charge is 0.461 e. The van der Waals surface area contributed by atoms with Gasteiger partial charge in [-0.15, -0.1) is 0 Å². The van der Waals surface area contributed by atoms with Crippen LogP contribution in [0.25, 0.3) is 11.5 Å². The van der Waals surface area contributed by atoms with Crippen molar-refractivity contribution in [1.29, 1.82) is 0 Å². The average Bonchev–Trinajstić information content (AvgIpc) is 3.16. The van der Waals surface area contributed by atoms with Gasteiger partial charge < -0.3 is 18.6 Å². The molecule has 6 heteroatoms. The Balaban J connectivity index is 1.63. The van der Waals surface area contributed by atoms with Gasteiger partial charge in [-0.25, -0.2) is 0 Å². The molecule has 0 saturated heterocycles. The van der Waals surface area contributed by atoms with Crippen LogP contribution in [0.5, 0.6) is 0 Å². The third-order valence-electron chi connectivity index (χ3n) is 2.65. The monoisotopic (exact) mass is 335 g/mol. The van der Waals surface area contributed by atoms with E-state index < -0.39 is 0 Å². The SMILES string of the molecule is O=C(NCc1ccc(-c2ccco2)o1)c1ccc(Br)o1. The molecule has 1 N–H and O–H groups in total. The van der Waals surface area contributed by atoms with Crippen LogP contribution in [0, 0.1) is 0 Å². The van der Waals surface area contributed by atoms with Gasteiger partial charge in [0, 0.05) is 0 Å². The van der Waals surface area contributed by atoms with Gasteiger partial charge in [-0.1, -0.05) is 0 Å². The van der Waals surface area contributed by atoms with Crippen molar-refractivity contribution in [2.45, 2.75) is 6.54 Å². The van der Waals surface area contributed by atoms with Gasteiger partial charge >= 0.3 is 0 Å². The molecule has 0 fully saturated rings. The quantitative estimate of drug-likeness (QED) is 0.786. The summed E-state index contributed by atoms with van der Waals surface area (Å²) in [5.41, 5.74) is 0. The van der Waals surface area contributed by atoms with Crippen molar-refractivity contribution in [1.82, 2.24) is 5.32 Å². The maximum atomic E-state index is 11.8. The Morgan fingerprint density at radius 1 is 1.10 bits per heavy atom. The van der Waals surface area contributed by atoms with E-state index in [0.29, 0.717) is 22.0 Å². The molecular weight excluding hydrogens is 326 g/mol. The van der Waals surface area contributed by atoms with Gasteiger partial charge in [-0.05, 0) is 52.3 Å². The van der Waals surface area contributed by atoms with Crippen molar-refractivity contribution >= 4 is 21.8 Å². The molecule has 0 aliphatic heterocycles. The molecule has 3 aromatic heterocycles. The highest BCUT2D eigenvalue weighted by molar-refractivity contribution is 9.10. The molecule has 5 nitrogen and oxygen atoms in total. The lowest BCUT2D eigenvalue weighted by Gasteiger charge is -2.00. The highest BCUT2D eigenvalue weighted by atomic mass is 79.9. The summed E-state index contributed by atoms with van der Waals surface area (Å²) < 4.78 is 16.5. The highest BCUT2D eigenvalue weighted by Crippen LogP contribution is 2.22. The first kappa shape index (κ1) is 12.8. The lowest BCUT2D eigenvalue weighted by molar-refractivity contribution is 0.0919. The number of carbonyl (C=O) groups is 1. The van der Waals surface area contributed by atoms with Crippen molar-refractivity contribution in [2.75, 3.05) is 0 Å². The van der Waals surface area contributed by atoms with Crippen LogP contribution in [-0.2, 0) is 6.54 Å². The predicted molar refractivity (Wildman–Crippen MR) is 74.0 cm³/mol. The van der Waals surface area contributed by atoms with Crippen LogP contribution in [0.4, 0.5) is 0 Å². The van der Waals surface area contributed by atoms with Gasteiger partial charge in [-0.2, -0.15) is 0 Å². The number of hydrogen-bond acceptors (Lipinski definition) is 4. The van der Waals surface area contributed by atoms with E-state index in [-0.39, 0.29) is 18.2 Å². The Morgan fingerprint density at radius 2 is 2.00 bits per heavy atom. The standard InChI is InChI=1S/C14H10BrNO4/c15-13-6-5-12(20-13)14(17)16-8-9-3-4-11(19-9)10-2-1-7-18-10/h1-7H,8H2,(H,16,17). The predicted octanol–water partition coefficient (Wildman–Crippen LogP) is 3.83. The summed E-state index contributed by atoms with van der Waals surface area (Å²) in [6.07, 6.45) is 1.58. The van der Waals surface area contributed by atoms with Crippen LogP contribution in [-0.4, -0.2) is 5.91 Å². The van der Waals surface area contributed by atoms with Crippen molar-refractivity contribution in [3.63, 3.8) is 0 Å². The fraction of sp³-hybridized carbons (Fsp3) is 0.0714. The number of rotatable bonds is 4. The smallest absolute Gasteiger partial charge is 0.287 e. The number of nitrogens with one attached hydrogen (secondary N) is 1. The molecule has 0 aliphatic carbocycles. The maximum Gasteiger partial charge on any atom is 0.287 e. The summed E-state index contributed by atoms with van der Waals surface area (Å²) in [6, 6.07) is 10.4. The third kappa shape index (κ3) is 2.70. The van der Waals surface area contributed by atoms with E-state index in [4.69, 9.17) is 13.3 Å². The first-order chi connectivity index (χ1) is 9.72. The second kappa shape index (κ2) is 5.42. The molecule has 102 valence electrons. The topological polar surface area (TPSA) is 68.5 Å². The average molecular weight is 336 g/mol. The fourth-order valence-corrected chi connectivity index (χ4v) is 2.02. The van der Waals surface area contributed by atoms with Crippen molar-refractivity contribution < 1.29 is 18.0 Å². The molecule has 0 radical (unpaired) electrons. The zero-order valence-corrected chi connectivity index (χ0v) is 11.8. The molecule has 3 rings (SSSR count). The van der Waals surface area contributed by atoms with Gasteiger partial charge in [0.05, 0.1) is 12.8 Å². The molecule has 0 unspecified atom stereocenters. The molecule has 0 aromatic carbocycles. The molecule has 3 aromatic rings. The Kier molecular flexibility index (Phi) is 3.47. The minimum Gasteiger partial charge on any atom is -0.461 e. The van der Waals surface area contributed by atoms with Gasteiger partial charge in [0.25, 0.3) is 5.91 Å². The molecule has 1 amide bonds. The van der Waals surface area contributed by atoms with Crippen LogP contribution in [0.15, 0.2) is 60.6 Å².